The third-order valence-electron chi connectivity index (χ3n) is 5.06. The van der Waals surface area contributed by atoms with E-state index in [2.05, 4.69) is 20.3 Å². The van der Waals surface area contributed by atoms with Gasteiger partial charge in [0.1, 0.15) is 23.4 Å². The fraction of sp³-hybridized carbons (Fsp3) is 0.550. The summed E-state index contributed by atoms with van der Waals surface area (Å²) in [6.45, 7) is 6.84. The lowest BCUT2D eigenvalue weighted by molar-refractivity contribution is 0.0203. The molecule has 1 amide bonds. The van der Waals surface area contributed by atoms with E-state index < -0.39 is 5.60 Å². The molecule has 1 saturated heterocycles. The van der Waals surface area contributed by atoms with Gasteiger partial charge in [-0.25, -0.2) is 9.31 Å². The number of hydrogen-bond acceptors (Lipinski definition) is 8. The average Bonchev–Trinajstić information content (AvgIpc) is 3.33. The van der Waals surface area contributed by atoms with Gasteiger partial charge in [0.2, 0.25) is 5.89 Å². The number of rotatable bonds is 4. The summed E-state index contributed by atoms with van der Waals surface area (Å²) >= 11 is 0. The average molecular weight is 430 g/mol. The third kappa shape index (κ3) is 4.46. The number of ether oxygens (including phenoxy) is 2. The van der Waals surface area contributed by atoms with E-state index >= 15 is 0 Å². The van der Waals surface area contributed by atoms with E-state index in [9.17, 15) is 9.59 Å². The predicted molar refractivity (Wildman–Crippen MR) is 110 cm³/mol. The number of piperidine rings is 1. The highest BCUT2D eigenvalue weighted by Gasteiger charge is 2.29. The quantitative estimate of drug-likeness (QED) is 0.668. The second-order valence-electron chi connectivity index (χ2n) is 8.55. The normalized spacial score (nSPS) is 15.5. The van der Waals surface area contributed by atoms with E-state index in [-0.39, 0.29) is 30.1 Å². The van der Waals surface area contributed by atoms with Gasteiger partial charge < -0.3 is 23.8 Å². The molecule has 0 atom stereocenters. The predicted octanol–water partition coefficient (Wildman–Crippen LogP) is 2.33. The summed E-state index contributed by atoms with van der Waals surface area (Å²) in [5.41, 5.74) is 1.04. The van der Waals surface area contributed by atoms with Crippen molar-refractivity contribution >= 4 is 11.7 Å². The number of carbonyl (C=O) groups excluding carboxylic acids is 1. The van der Waals surface area contributed by atoms with Crippen LogP contribution in [0.3, 0.4) is 0 Å². The van der Waals surface area contributed by atoms with Crippen molar-refractivity contribution in [2.75, 3.05) is 20.2 Å². The Bertz CT molecular complexity index is 1130. The molecule has 0 aromatic carbocycles. The van der Waals surface area contributed by atoms with Gasteiger partial charge in [-0.15, -0.1) is 10.2 Å². The van der Waals surface area contributed by atoms with Crippen molar-refractivity contribution in [1.29, 1.82) is 0 Å². The molecule has 31 heavy (non-hydrogen) atoms. The van der Waals surface area contributed by atoms with Gasteiger partial charge in [0.05, 0.1) is 11.9 Å². The molecule has 0 aliphatic carbocycles. The van der Waals surface area contributed by atoms with E-state index in [1.54, 1.807) is 21.7 Å². The zero-order chi connectivity index (χ0) is 22.2. The smallest absolute Gasteiger partial charge is 0.410 e. The summed E-state index contributed by atoms with van der Waals surface area (Å²) < 4.78 is 17.8. The Morgan fingerprint density at radius 2 is 2.03 bits per heavy atom. The van der Waals surface area contributed by atoms with Gasteiger partial charge >= 0.3 is 6.09 Å². The molecule has 3 aromatic heterocycles. The highest BCUT2D eigenvalue weighted by atomic mass is 16.6. The molecule has 0 spiro atoms. The van der Waals surface area contributed by atoms with Crippen LogP contribution < -0.4 is 5.56 Å². The number of nitrogens with one attached hydrogen (secondary N) is 1. The van der Waals surface area contributed by atoms with Crippen LogP contribution in [0, 0.1) is 0 Å². The van der Waals surface area contributed by atoms with Gasteiger partial charge in [-0.3, -0.25) is 4.79 Å². The number of fused-ring (bicyclic) bond motifs is 1. The molecule has 4 heterocycles. The van der Waals surface area contributed by atoms with Crippen LogP contribution in [0.15, 0.2) is 21.5 Å². The van der Waals surface area contributed by atoms with Gasteiger partial charge in [0, 0.05) is 32.2 Å². The van der Waals surface area contributed by atoms with Crippen molar-refractivity contribution in [3.63, 3.8) is 0 Å². The lowest BCUT2D eigenvalue weighted by atomic mass is 9.93. The number of carbonyl (C=O) groups is 1. The summed E-state index contributed by atoms with van der Waals surface area (Å²) in [6, 6.07) is 1.56. The van der Waals surface area contributed by atoms with E-state index in [1.807, 2.05) is 20.8 Å². The molecular weight excluding hydrogens is 404 g/mol. The Kier molecular flexibility index (Phi) is 5.52. The van der Waals surface area contributed by atoms with Crippen LogP contribution in [0.25, 0.3) is 17.1 Å². The molecule has 166 valence electrons. The van der Waals surface area contributed by atoms with Gasteiger partial charge in [-0.2, -0.15) is 5.10 Å². The number of nitrogens with zero attached hydrogens (tertiary/aromatic N) is 5. The van der Waals surface area contributed by atoms with Crippen LogP contribution in [-0.2, 0) is 16.1 Å². The molecule has 1 fully saturated rings. The van der Waals surface area contributed by atoms with Gasteiger partial charge in [-0.1, -0.05) is 0 Å². The zero-order valence-corrected chi connectivity index (χ0v) is 18.0. The van der Waals surface area contributed by atoms with Crippen molar-refractivity contribution in [3.05, 3.63) is 34.2 Å². The molecule has 4 rings (SSSR count). The molecule has 1 aliphatic rings. The second kappa shape index (κ2) is 8.14. The fourth-order valence-corrected chi connectivity index (χ4v) is 3.69. The second-order valence-corrected chi connectivity index (χ2v) is 8.55. The first-order chi connectivity index (χ1) is 14.7. The number of likely N-dealkylation sites (tertiary alicyclic amines) is 1. The Morgan fingerprint density at radius 1 is 1.29 bits per heavy atom. The Morgan fingerprint density at radius 3 is 2.71 bits per heavy atom. The molecule has 1 N–H and O–H groups in total. The third-order valence-corrected chi connectivity index (χ3v) is 5.06. The standard InChI is InChI=1S/C20H26N6O5/c1-20(2,3)31-19(28)25-7-5-12(6-8-25)14-9-15(27)22-17-13(10-21-26(14)17)18-24-23-16(30-18)11-29-4/h9-10,12H,5-8,11H2,1-4H3,(H,22,27). The lowest BCUT2D eigenvalue weighted by Gasteiger charge is -2.33. The summed E-state index contributed by atoms with van der Waals surface area (Å²) in [6.07, 6.45) is 2.68. The van der Waals surface area contributed by atoms with Crippen LogP contribution in [0.2, 0.25) is 0 Å². The van der Waals surface area contributed by atoms with Crippen molar-refractivity contribution in [2.45, 2.75) is 51.7 Å². The van der Waals surface area contributed by atoms with E-state index in [1.165, 1.54) is 7.11 Å². The summed E-state index contributed by atoms with van der Waals surface area (Å²) in [7, 11) is 1.54. The summed E-state index contributed by atoms with van der Waals surface area (Å²) in [5.74, 6) is 0.669. The highest BCUT2D eigenvalue weighted by molar-refractivity contribution is 5.71. The number of amides is 1. The topological polar surface area (TPSA) is 128 Å². The van der Waals surface area contributed by atoms with Crippen LogP contribution in [-0.4, -0.2) is 61.6 Å². The van der Waals surface area contributed by atoms with Crippen LogP contribution in [0.4, 0.5) is 4.79 Å². The fourth-order valence-electron chi connectivity index (χ4n) is 3.69. The monoisotopic (exact) mass is 430 g/mol. The van der Waals surface area contributed by atoms with E-state index in [0.717, 1.165) is 5.69 Å². The number of hydrogen-bond donors (Lipinski definition) is 1. The number of aromatic nitrogens is 5. The Balaban J connectivity index is 1.57. The van der Waals surface area contributed by atoms with Gasteiger partial charge in [-0.05, 0) is 33.6 Å². The Labute approximate surface area is 178 Å². The lowest BCUT2D eigenvalue weighted by Crippen LogP contribution is -2.41. The summed E-state index contributed by atoms with van der Waals surface area (Å²) in [4.78, 5) is 29.2. The molecule has 11 nitrogen and oxygen atoms in total. The number of methoxy groups -OCH3 is 1. The minimum Gasteiger partial charge on any atom is -0.444 e. The molecular formula is C20H26N6O5. The molecule has 3 aromatic rings. The molecule has 0 unspecified atom stereocenters. The maximum atomic E-state index is 12.4. The van der Waals surface area contributed by atoms with Gasteiger partial charge in [0.15, 0.2) is 0 Å². The van der Waals surface area contributed by atoms with Gasteiger partial charge in [0.25, 0.3) is 11.4 Å². The number of aromatic amines is 1. The first-order valence-electron chi connectivity index (χ1n) is 10.2. The molecule has 11 heteroatoms. The zero-order valence-electron chi connectivity index (χ0n) is 18.0. The van der Waals surface area contributed by atoms with E-state index in [4.69, 9.17) is 13.9 Å². The molecule has 0 saturated carbocycles. The number of H-pyrrole nitrogens is 1. The van der Waals surface area contributed by atoms with E-state index in [0.29, 0.717) is 43.0 Å². The largest absolute Gasteiger partial charge is 0.444 e. The molecule has 0 radical (unpaired) electrons. The van der Waals surface area contributed by atoms with Crippen LogP contribution in [0.1, 0.15) is 51.1 Å². The van der Waals surface area contributed by atoms with Crippen LogP contribution in [0.5, 0.6) is 0 Å². The summed E-state index contributed by atoms with van der Waals surface area (Å²) in [5, 5.41) is 12.4. The van der Waals surface area contributed by atoms with Crippen molar-refractivity contribution < 1.29 is 18.7 Å². The minimum atomic E-state index is -0.532. The minimum absolute atomic E-state index is 0.0722. The van der Waals surface area contributed by atoms with Crippen LogP contribution >= 0.6 is 0 Å². The van der Waals surface area contributed by atoms with Crippen molar-refractivity contribution in [2.24, 2.45) is 0 Å². The maximum absolute atomic E-state index is 12.4. The molecule has 1 aliphatic heterocycles. The molecule has 0 bridgehead atoms. The van der Waals surface area contributed by atoms with Crippen molar-refractivity contribution in [3.8, 4) is 11.5 Å². The SMILES string of the molecule is COCc1nnc(-c2cnn3c(C4CCN(C(=O)OC(C)(C)C)CC4)cc(=O)[nH]c23)o1. The Hall–Kier alpha value is -3.21. The maximum Gasteiger partial charge on any atom is 0.410 e. The first kappa shape index (κ1) is 21.0. The first-order valence-corrected chi connectivity index (χ1v) is 10.2. The van der Waals surface area contributed by atoms with Crippen molar-refractivity contribution in [1.82, 2.24) is 29.7 Å². The highest BCUT2D eigenvalue weighted by Crippen LogP contribution is 2.30.